The molecule has 0 aliphatic carbocycles. The monoisotopic (exact) mass is 297 g/mol. The zero-order chi connectivity index (χ0) is 15.9. The van der Waals surface area contributed by atoms with Gasteiger partial charge in [-0.3, -0.25) is 4.79 Å². The molecular formula is C19H23NO2. The number of benzene rings is 2. The van der Waals surface area contributed by atoms with Gasteiger partial charge in [-0.25, -0.2) is 0 Å². The number of esters is 1. The molecule has 2 N–H and O–H groups in total. The van der Waals surface area contributed by atoms with Gasteiger partial charge in [0.2, 0.25) is 0 Å². The van der Waals surface area contributed by atoms with E-state index in [1.807, 2.05) is 12.1 Å². The summed E-state index contributed by atoms with van der Waals surface area (Å²) in [5.41, 5.74) is 10.8. The topological polar surface area (TPSA) is 52.3 Å². The Kier molecular flexibility index (Phi) is 5.73. The Morgan fingerprint density at radius 3 is 2.50 bits per heavy atom. The van der Waals surface area contributed by atoms with E-state index in [2.05, 4.69) is 43.3 Å². The molecule has 0 saturated carbocycles. The fourth-order valence-corrected chi connectivity index (χ4v) is 2.46. The van der Waals surface area contributed by atoms with Gasteiger partial charge in [-0.2, -0.15) is 0 Å². The maximum Gasteiger partial charge on any atom is 0.307 e. The number of rotatable bonds is 6. The molecule has 0 spiro atoms. The van der Waals surface area contributed by atoms with Crippen molar-refractivity contribution in [2.45, 2.75) is 32.7 Å². The van der Waals surface area contributed by atoms with Gasteiger partial charge < -0.3 is 10.5 Å². The van der Waals surface area contributed by atoms with Gasteiger partial charge in [-0.15, -0.1) is 0 Å². The van der Waals surface area contributed by atoms with Gasteiger partial charge >= 0.3 is 5.97 Å². The summed E-state index contributed by atoms with van der Waals surface area (Å²) in [6.45, 7) is 4.28. The van der Waals surface area contributed by atoms with Crippen molar-refractivity contribution in [1.29, 1.82) is 0 Å². The highest BCUT2D eigenvalue weighted by atomic mass is 16.5. The molecule has 0 aliphatic heterocycles. The van der Waals surface area contributed by atoms with Crippen molar-refractivity contribution in [2.24, 2.45) is 5.73 Å². The summed E-state index contributed by atoms with van der Waals surface area (Å²) in [4.78, 5) is 11.5. The van der Waals surface area contributed by atoms with Crippen LogP contribution in [0.25, 0.3) is 0 Å². The Balaban J connectivity index is 1.99. The highest BCUT2D eigenvalue weighted by Gasteiger charge is 2.12. The lowest BCUT2D eigenvalue weighted by atomic mass is 9.99. The van der Waals surface area contributed by atoms with E-state index in [1.54, 1.807) is 6.92 Å². The lowest BCUT2D eigenvalue weighted by molar-refractivity contribution is -0.143. The Bertz CT molecular complexity index is 620. The molecule has 0 bridgehead atoms. The molecule has 0 aliphatic rings. The molecular weight excluding hydrogens is 274 g/mol. The van der Waals surface area contributed by atoms with Crippen LogP contribution in [0.4, 0.5) is 0 Å². The maximum atomic E-state index is 11.5. The van der Waals surface area contributed by atoms with Crippen molar-refractivity contribution in [3.8, 4) is 0 Å². The SMILES string of the molecule is CCOC(=O)CC(N)c1ccc(Cc2cccc(C)c2)cc1. The molecule has 0 saturated heterocycles. The molecule has 0 heterocycles. The number of aryl methyl sites for hydroxylation is 1. The third-order valence-corrected chi connectivity index (χ3v) is 3.59. The zero-order valence-corrected chi connectivity index (χ0v) is 13.2. The third-order valence-electron chi connectivity index (χ3n) is 3.59. The number of carbonyl (C=O) groups is 1. The highest BCUT2D eigenvalue weighted by Crippen LogP contribution is 2.17. The Hall–Kier alpha value is -2.13. The molecule has 0 aromatic heterocycles. The van der Waals surface area contributed by atoms with Crippen molar-refractivity contribution in [3.63, 3.8) is 0 Å². The number of ether oxygens (including phenoxy) is 1. The Morgan fingerprint density at radius 2 is 1.86 bits per heavy atom. The van der Waals surface area contributed by atoms with E-state index in [1.165, 1.54) is 16.7 Å². The predicted molar refractivity (Wildman–Crippen MR) is 88.6 cm³/mol. The summed E-state index contributed by atoms with van der Waals surface area (Å²) in [6, 6.07) is 16.3. The van der Waals surface area contributed by atoms with Gasteiger partial charge in [-0.05, 0) is 37.0 Å². The fourth-order valence-electron chi connectivity index (χ4n) is 2.46. The van der Waals surface area contributed by atoms with Crippen molar-refractivity contribution in [3.05, 3.63) is 70.8 Å². The summed E-state index contributed by atoms with van der Waals surface area (Å²) in [6.07, 6.45) is 1.11. The summed E-state index contributed by atoms with van der Waals surface area (Å²) in [5.74, 6) is -0.251. The largest absolute Gasteiger partial charge is 0.466 e. The van der Waals surface area contributed by atoms with Crippen molar-refractivity contribution in [1.82, 2.24) is 0 Å². The number of carbonyl (C=O) groups excluding carboxylic acids is 1. The van der Waals surface area contributed by atoms with Gasteiger partial charge in [0.25, 0.3) is 0 Å². The van der Waals surface area contributed by atoms with Crippen LogP contribution in [0.1, 0.15) is 41.6 Å². The van der Waals surface area contributed by atoms with Crippen LogP contribution in [0.3, 0.4) is 0 Å². The van der Waals surface area contributed by atoms with E-state index >= 15 is 0 Å². The number of nitrogens with two attached hydrogens (primary N) is 1. The molecule has 2 aromatic rings. The number of hydrogen-bond acceptors (Lipinski definition) is 3. The third kappa shape index (κ3) is 4.71. The quantitative estimate of drug-likeness (QED) is 0.830. The van der Waals surface area contributed by atoms with E-state index in [-0.39, 0.29) is 18.4 Å². The van der Waals surface area contributed by atoms with Crippen LogP contribution in [-0.2, 0) is 16.0 Å². The van der Waals surface area contributed by atoms with E-state index in [4.69, 9.17) is 10.5 Å². The molecule has 1 unspecified atom stereocenters. The summed E-state index contributed by atoms with van der Waals surface area (Å²) in [5, 5.41) is 0. The average Bonchev–Trinajstić information content (AvgIpc) is 2.48. The van der Waals surface area contributed by atoms with Gasteiger partial charge in [0.1, 0.15) is 0 Å². The van der Waals surface area contributed by atoms with Crippen LogP contribution in [0.15, 0.2) is 48.5 Å². The molecule has 0 fully saturated rings. The van der Waals surface area contributed by atoms with Crippen LogP contribution < -0.4 is 5.73 Å². The molecule has 22 heavy (non-hydrogen) atoms. The van der Waals surface area contributed by atoms with Crippen LogP contribution >= 0.6 is 0 Å². The molecule has 3 heteroatoms. The first-order chi connectivity index (χ1) is 10.6. The maximum absolute atomic E-state index is 11.5. The first-order valence-corrected chi connectivity index (χ1v) is 7.64. The first kappa shape index (κ1) is 16.2. The molecule has 2 rings (SSSR count). The minimum Gasteiger partial charge on any atom is -0.466 e. The standard InChI is InChI=1S/C19H23NO2/c1-3-22-19(21)13-18(20)17-9-7-15(8-10-17)12-16-6-4-5-14(2)11-16/h4-11,18H,3,12-13,20H2,1-2H3. The molecule has 3 nitrogen and oxygen atoms in total. The van der Waals surface area contributed by atoms with Crippen LogP contribution in [-0.4, -0.2) is 12.6 Å². The number of hydrogen-bond donors (Lipinski definition) is 1. The highest BCUT2D eigenvalue weighted by molar-refractivity contribution is 5.70. The van der Waals surface area contributed by atoms with Crippen LogP contribution in [0, 0.1) is 6.92 Å². The Morgan fingerprint density at radius 1 is 1.14 bits per heavy atom. The normalized spacial score (nSPS) is 12.0. The lowest BCUT2D eigenvalue weighted by Crippen LogP contribution is -2.17. The van der Waals surface area contributed by atoms with Gasteiger partial charge in [0.05, 0.1) is 13.0 Å². The predicted octanol–water partition coefficient (Wildman–Crippen LogP) is 3.54. The molecule has 1 atom stereocenters. The van der Waals surface area contributed by atoms with Gasteiger partial charge in [0, 0.05) is 6.04 Å². The summed E-state index contributed by atoms with van der Waals surface area (Å²) in [7, 11) is 0. The molecule has 2 aromatic carbocycles. The molecule has 116 valence electrons. The fraction of sp³-hybridized carbons (Fsp3) is 0.316. The van der Waals surface area contributed by atoms with Crippen LogP contribution in [0.5, 0.6) is 0 Å². The smallest absolute Gasteiger partial charge is 0.307 e. The zero-order valence-electron chi connectivity index (χ0n) is 13.2. The Labute approximate surface area is 132 Å². The second-order valence-corrected chi connectivity index (χ2v) is 5.52. The summed E-state index contributed by atoms with van der Waals surface area (Å²) < 4.78 is 4.93. The van der Waals surface area contributed by atoms with E-state index in [0.29, 0.717) is 6.61 Å². The lowest BCUT2D eigenvalue weighted by Gasteiger charge is -2.12. The first-order valence-electron chi connectivity index (χ1n) is 7.64. The van der Waals surface area contributed by atoms with Gasteiger partial charge in [-0.1, -0.05) is 54.1 Å². The molecule has 0 amide bonds. The molecule has 0 radical (unpaired) electrons. The van der Waals surface area contributed by atoms with Gasteiger partial charge in [0.15, 0.2) is 0 Å². The second-order valence-electron chi connectivity index (χ2n) is 5.52. The minimum absolute atomic E-state index is 0.213. The summed E-state index contributed by atoms with van der Waals surface area (Å²) >= 11 is 0. The average molecular weight is 297 g/mol. The second kappa shape index (κ2) is 7.76. The van der Waals surface area contributed by atoms with E-state index in [0.717, 1.165) is 12.0 Å². The van der Waals surface area contributed by atoms with E-state index < -0.39 is 0 Å². The van der Waals surface area contributed by atoms with Crippen molar-refractivity contribution < 1.29 is 9.53 Å². The van der Waals surface area contributed by atoms with Crippen molar-refractivity contribution in [2.75, 3.05) is 6.61 Å². The van der Waals surface area contributed by atoms with Crippen molar-refractivity contribution >= 4 is 5.97 Å². The minimum atomic E-state index is -0.313. The van der Waals surface area contributed by atoms with Crippen LogP contribution in [0.2, 0.25) is 0 Å². The van der Waals surface area contributed by atoms with E-state index in [9.17, 15) is 4.79 Å².